The molecule has 0 bridgehead atoms. The Kier molecular flexibility index (Phi) is 4.98. The Morgan fingerprint density at radius 1 is 1.37 bits per heavy atom. The summed E-state index contributed by atoms with van der Waals surface area (Å²) in [5.74, 6) is 0.153. The zero-order valence-electron chi connectivity index (χ0n) is 12.5. The Morgan fingerprint density at radius 3 is 2.47 bits per heavy atom. The molecule has 0 spiro atoms. The van der Waals surface area contributed by atoms with Crippen LogP contribution in [0.3, 0.4) is 0 Å². The highest BCUT2D eigenvalue weighted by Gasteiger charge is 2.26. The molecule has 0 aliphatic carbocycles. The molecule has 1 aromatic rings. The monoisotopic (exact) mass is 264 g/mol. The first-order chi connectivity index (χ1) is 8.72. The third-order valence-electron chi connectivity index (χ3n) is 3.22. The summed E-state index contributed by atoms with van der Waals surface area (Å²) in [6.45, 7) is 9.55. The van der Waals surface area contributed by atoms with E-state index in [4.69, 9.17) is 9.84 Å². The van der Waals surface area contributed by atoms with Crippen molar-refractivity contribution in [1.29, 1.82) is 0 Å². The van der Waals surface area contributed by atoms with Crippen LogP contribution in [0.1, 0.15) is 45.2 Å². The number of carboxylic acid groups (broad SMARTS) is 1. The molecule has 0 aliphatic rings. The maximum atomic E-state index is 11.1. The van der Waals surface area contributed by atoms with E-state index in [1.165, 1.54) is 0 Å². The minimum absolute atomic E-state index is 0.162. The first-order valence-corrected chi connectivity index (χ1v) is 6.72. The van der Waals surface area contributed by atoms with Gasteiger partial charge in [-0.1, -0.05) is 12.1 Å². The van der Waals surface area contributed by atoms with Crippen LogP contribution in [0.15, 0.2) is 18.2 Å². The molecule has 1 N–H and O–H groups in total. The van der Waals surface area contributed by atoms with Gasteiger partial charge in [-0.3, -0.25) is 4.79 Å². The van der Waals surface area contributed by atoms with Crippen molar-refractivity contribution in [2.45, 2.75) is 53.6 Å². The highest BCUT2D eigenvalue weighted by atomic mass is 16.5. The van der Waals surface area contributed by atoms with Crippen molar-refractivity contribution < 1.29 is 14.6 Å². The van der Waals surface area contributed by atoms with Crippen LogP contribution in [0.5, 0.6) is 5.75 Å². The van der Waals surface area contributed by atoms with Gasteiger partial charge in [0.15, 0.2) is 0 Å². The Labute approximate surface area is 115 Å². The zero-order valence-corrected chi connectivity index (χ0v) is 12.5. The maximum absolute atomic E-state index is 11.1. The van der Waals surface area contributed by atoms with Crippen molar-refractivity contribution in [3.05, 3.63) is 29.3 Å². The molecular formula is C16H24O3. The standard InChI is InChI=1S/C16H24O3/c1-11(2)19-14-7-6-13(10-12(14)3)8-9-16(4,5)15(17)18/h6-7,10-11H,8-9H2,1-5H3,(H,17,18). The summed E-state index contributed by atoms with van der Waals surface area (Å²) >= 11 is 0. The fourth-order valence-corrected chi connectivity index (χ4v) is 1.82. The minimum atomic E-state index is -0.746. The molecule has 0 aromatic heterocycles. The van der Waals surface area contributed by atoms with Crippen LogP contribution < -0.4 is 4.74 Å². The quantitative estimate of drug-likeness (QED) is 0.849. The molecule has 19 heavy (non-hydrogen) atoms. The molecular weight excluding hydrogens is 240 g/mol. The number of rotatable bonds is 6. The van der Waals surface area contributed by atoms with Gasteiger partial charge in [0.05, 0.1) is 11.5 Å². The molecule has 0 atom stereocenters. The molecule has 0 aliphatic heterocycles. The average molecular weight is 264 g/mol. The SMILES string of the molecule is Cc1cc(CCC(C)(C)C(=O)O)ccc1OC(C)C. The van der Waals surface area contributed by atoms with Crippen LogP contribution in [-0.2, 0) is 11.2 Å². The van der Waals surface area contributed by atoms with Gasteiger partial charge in [-0.25, -0.2) is 0 Å². The van der Waals surface area contributed by atoms with Gasteiger partial charge >= 0.3 is 5.97 Å². The summed E-state index contributed by atoms with van der Waals surface area (Å²) in [5.41, 5.74) is 1.57. The lowest BCUT2D eigenvalue weighted by Gasteiger charge is -2.19. The summed E-state index contributed by atoms with van der Waals surface area (Å²) in [6.07, 6.45) is 1.56. The number of hydrogen-bond donors (Lipinski definition) is 1. The fraction of sp³-hybridized carbons (Fsp3) is 0.562. The fourth-order valence-electron chi connectivity index (χ4n) is 1.82. The topological polar surface area (TPSA) is 46.5 Å². The maximum Gasteiger partial charge on any atom is 0.309 e. The van der Waals surface area contributed by atoms with Gasteiger partial charge in [-0.2, -0.15) is 0 Å². The lowest BCUT2D eigenvalue weighted by Crippen LogP contribution is -2.24. The van der Waals surface area contributed by atoms with Crippen molar-refractivity contribution >= 4 is 5.97 Å². The van der Waals surface area contributed by atoms with Gasteiger partial charge in [-0.15, -0.1) is 0 Å². The van der Waals surface area contributed by atoms with Crippen LogP contribution in [0.2, 0.25) is 0 Å². The number of aryl methyl sites for hydroxylation is 2. The molecule has 3 nitrogen and oxygen atoms in total. The third-order valence-corrected chi connectivity index (χ3v) is 3.22. The molecule has 0 unspecified atom stereocenters. The smallest absolute Gasteiger partial charge is 0.309 e. The second-order valence-corrected chi connectivity index (χ2v) is 5.96. The van der Waals surface area contributed by atoms with Crippen molar-refractivity contribution in [2.24, 2.45) is 5.41 Å². The molecule has 0 saturated heterocycles. The molecule has 106 valence electrons. The highest BCUT2D eigenvalue weighted by molar-refractivity contribution is 5.73. The summed E-state index contributed by atoms with van der Waals surface area (Å²) in [4.78, 5) is 11.1. The molecule has 0 heterocycles. The molecule has 0 fully saturated rings. The summed E-state index contributed by atoms with van der Waals surface area (Å²) in [7, 11) is 0. The van der Waals surface area contributed by atoms with Gasteiger partial charge in [0.2, 0.25) is 0 Å². The van der Waals surface area contributed by atoms with E-state index in [0.717, 1.165) is 23.3 Å². The van der Waals surface area contributed by atoms with E-state index in [1.54, 1.807) is 13.8 Å². The van der Waals surface area contributed by atoms with Crippen LogP contribution in [0, 0.1) is 12.3 Å². The minimum Gasteiger partial charge on any atom is -0.491 e. The van der Waals surface area contributed by atoms with Crippen LogP contribution in [0.4, 0.5) is 0 Å². The molecule has 1 aromatic carbocycles. The third kappa shape index (κ3) is 4.58. The van der Waals surface area contributed by atoms with Crippen molar-refractivity contribution in [3.8, 4) is 5.75 Å². The molecule has 0 amide bonds. The molecule has 3 heteroatoms. The molecule has 1 rings (SSSR count). The number of ether oxygens (including phenoxy) is 1. The van der Waals surface area contributed by atoms with E-state index in [9.17, 15) is 4.79 Å². The first-order valence-electron chi connectivity index (χ1n) is 6.72. The van der Waals surface area contributed by atoms with Crippen molar-refractivity contribution in [2.75, 3.05) is 0 Å². The first kappa shape index (κ1) is 15.5. The number of aliphatic carboxylic acids is 1. The Balaban J connectivity index is 2.71. The number of carboxylic acids is 1. The van der Waals surface area contributed by atoms with Gasteiger partial charge in [-0.05, 0) is 64.7 Å². The van der Waals surface area contributed by atoms with E-state index in [-0.39, 0.29) is 6.10 Å². The molecule has 0 radical (unpaired) electrons. The second kappa shape index (κ2) is 6.09. The molecule has 0 saturated carbocycles. The Morgan fingerprint density at radius 2 is 2.00 bits per heavy atom. The summed E-state index contributed by atoms with van der Waals surface area (Å²) in [5, 5.41) is 9.10. The largest absolute Gasteiger partial charge is 0.491 e. The zero-order chi connectivity index (χ0) is 14.6. The van der Waals surface area contributed by atoms with Crippen molar-refractivity contribution in [1.82, 2.24) is 0 Å². The summed E-state index contributed by atoms with van der Waals surface area (Å²) < 4.78 is 5.69. The Bertz CT molecular complexity index is 447. The lowest BCUT2D eigenvalue weighted by atomic mass is 9.86. The number of benzene rings is 1. The van der Waals surface area contributed by atoms with E-state index in [0.29, 0.717) is 6.42 Å². The van der Waals surface area contributed by atoms with Crippen LogP contribution >= 0.6 is 0 Å². The van der Waals surface area contributed by atoms with Crippen LogP contribution in [-0.4, -0.2) is 17.2 Å². The predicted molar refractivity (Wildman–Crippen MR) is 76.7 cm³/mol. The number of carbonyl (C=O) groups is 1. The lowest BCUT2D eigenvalue weighted by molar-refractivity contribution is -0.147. The van der Waals surface area contributed by atoms with Gasteiger partial charge < -0.3 is 9.84 Å². The van der Waals surface area contributed by atoms with Gasteiger partial charge in [0, 0.05) is 0 Å². The van der Waals surface area contributed by atoms with E-state index >= 15 is 0 Å². The number of hydrogen-bond acceptors (Lipinski definition) is 2. The highest BCUT2D eigenvalue weighted by Crippen LogP contribution is 2.26. The van der Waals surface area contributed by atoms with Crippen LogP contribution in [0.25, 0.3) is 0 Å². The van der Waals surface area contributed by atoms with Gasteiger partial charge in [0.1, 0.15) is 5.75 Å². The predicted octanol–water partition coefficient (Wildman–Crippen LogP) is 3.83. The Hall–Kier alpha value is -1.51. The van der Waals surface area contributed by atoms with E-state index < -0.39 is 11.4 Å². The normalized spacial score (nSPS) is 11.7. The second-order valence-electron chi connectivity index (χ2n) is 5.96. The average Bonchev–Trinajstić information content (AvgIpc) is 2.29. The van der Waals surface area contributed by atoms with Gasteiger partial charge in [0.25, 0.3) is 0 Å². The van der Waals surface area contributed by atoms with E-state index in [2.05, 4.69) is 6.07 Å². The van der Waals surface area contributed by atoms with E-state index in [1.807, 2.05) is 32.9 Å². The summed E-state index contributed by atoms with van der Waals surface area (Å²) in [6, 6.07) is 6.07. The van der Waals surface area contributed by atoms with Crippen molar-refractivity contribution in [3.63, 3.8) is 0 Å².